The van der Waals surface area contributed by atoms with Crippen LogP contribution in [0.1, 0.15) is 49.1 Å². The van der Waals surface area contributed by atoms with Crippen molar-refractivity contribution in [1.29, 1.82) is 0 Å². The van der Waals surface area contributed by atoms with Crippen LogP contribution in [0.5, 0.6) is 0 Å². The highest BCUT2D eigenvalue weighted by molar-refractivity contribution is 5.67. The molecular formula is C15H20O2. The van der Waals surface area contributed by atoms with Crippen molar-refractivity contribution in [2.45, 2.75) is 44.9 Å². The van der Waals surface area contributed by atoms with E-state index in [4.69, 9.17) is 5.11 Å². The van der Waals surface area contributed by atoms with Gasteiger partial charge < -0.3 is 5.11 Å². The van der Waals surface area contributed by atoms with E-state index in [2.05, 4.69) is 31.2 Å². The number of aryl methyl sites for hydroxylation is 1. The molecule has 2 atom stereocenters. The van der Waals surface area contributed by atoms with Gasteiger partial charge in [-0.25, -0.2) is 0 Å². The molecule has 0 unspecified atom stereocenters. The van der Waals surface area contributed by atoms with Gasteiger partial charge in [-0.15, -0.1) is 0 Å². The minimum atomic E-state index is -0.653. The third-order valence-electron chi connectivity index (χ3n) is 3.79. The van der Waals surface area contributed by atoms with Gasteiger partial charge in [0.25, 0.3) is 0 Å². The van der Waals surface area contributed by atoms with Crippen molar-refractivity contribution in [1.82, 2.24) is 0 Å². The van der Waals surface area contributed by atoms with Crippen molar-refractivity contribution in [3.63, 3.8) is 0 Å². The van der Waals surface area contributed by atoms with E-state index in [0.717, 1.165) is 19.3 Å². The number of rotatable bonds is 3. The van der Waals surface area contributed by atoms with Gasteiger partial charge >= 0.3 is 5.97 Å². The van der Waals surface area contributed by atoms with Crippen LogP contribution >= 0.6 is 0 Å². The predicted molar refractivity (Wildman–Crippen MR) is 68.1 cm³/mol. The molecule has 1 aliphatic rings. The van der Waals surface area contributed by atoms with Gasteiger partial charge in [-0.3, -0.25) is 4.79 Å². The summed E-state index contributed by atoms with van der Waals surface area (Å²) in [5.41, 5.74) is 2.66. The lowest BCUT2D eigenvalue weighted by Crippen LogP contribution is -2.17. The largest absolute Gasteiger partial charge is 0.481 e. The molecule has 0 radical (unpaired) electrons. The van der Waals surface area contributed by atoms with E-state index < -0.39 is 5.97 Å². The molecule has 1 aromatic rings. The minimum Gasteiger partial charge on any atom is -0.481 e. The first kappa shape index (κ1) is 12.2. The van der Waals surface area contributed by atoms with Gasteiger partial charge in [-0.1, -0.05) is 36.2 Å². The molecule has 0 amide bonds. The summed E-state index contributed by atoms with van der Waals surface area (Å²) in [7, 11) is 0. The van der Waals surface area contributed by atoms with Crippen LogP contribution in [0.15, 0.2) is 24.3 Å². The van der Waals surface area contributed by atoms with Crippen molar-refractivity contribution in [2.75, 3.05) is 0 Å². The zero-order valence-corrected chi connectivity index (χ0v) is 10.4. The number of benzene rings is 1. The maximum Gasteiger partial charge on any atom is 0.303 e. The van der Waals surface area contributed by atoms with E-state index in [1.54, 1.807) is 0 Å². The number of aliphatic carboxylic acids is 1. The third kappa shape index (κ3) is 3.32. The van der Waals surface area contributed by atoms with Gasteiger partial charge in [0, 0.05) is 6.42 Å². The fourth-order valence-corrected chi connectivity index (χ4v) is 2.86. The lowest BCUT2D eigenvalue weighted by Gasteiger charge is -2.28. The van der Waals surface area contributed by atoms with Crippen molar-refractivity contribution < 1.29 is 9.90 Å². The summed E-state index contributed by atoms with van der Waals surface area (Å²) >= 11 is 0. The Morgan fingerprint density at radius 3 is 2.65 bits per heavy atom. The molecule has 0 saturated heterocycles. The van der Waals surface area contributed by atoms with Crippen LogP contribution in [-0.2, 0) is 4.79 Å². The SMILES string of the molecule is Cc1ccc([C@@H]2CCC[C@@H](CC(=O)O)C2)cc1. The topological polar surface area (TPSA) is 37.3 Å². The molecule has 1 fully saturated rings. The van der Waals surface area contributed by atoms with E-state index in [9.17, 15) is 4.79 Å². The summed E-state index contributed by atoms with van der Waals surface area (Å²) in [4.78, 5) is 10.8. The lowest BCUT2D eigenvalue weighted by molar-refractivity contribution is -0.138. The van der Waals surface area contributed by atoms with Crippen LogP contribution in [0.3, 0.4) is 0 Å². The minimum absolute atomic E-state index is 0.336. The molecular weight excluding hydrogens is 212 g/mol. The average Bonchev–Trinajstić information content (AvgIpc) is 2.29. The van der Waals surface area contributed by atoms with Crippen molar-refractivity contribution >= 4 is 5.97 Å². The van der Waals surface area contributed by atoms with Crippen LogP contribution < -0.4 is 0 Å². The van der Waals surface area contributed by atoms with Crippen molar-refractivity contribution in [2.24, 2.45) is 5.92 Å². The van der Waals surface area contributed by atoms with Crippen LogP contribution in [0.4, 0.5) is 0 Å². The first-order valence-electron chi connectivity index (χ1n) is 6.43. The zero-order chi connectivity index (χ0) is 12.3. The second kappa shape index (κ2) is 5.35. The van der Waals surface area contributed by atoms with Crippen LogP contribution in [0, 0.1) is 12.8 Å². The number of carbonyl (C=O) groups is 1. The van der Waals surface area contributed by atoms with E-state index in [-0.39, 0.29) is 0 Å². The quantitative estimate of drug-likeness (QED) is 0.861. The number of hydrogen-bond donors (Lipinski definition) is 1. The second-order valence-corrected chi connectivity index (χ2v) is 5.24. The van der Waals surface area contributed by atoms with Crippen LogP contribution in [0.25, 0.3) is 0 Å². The standard InChI is InChI=1S/C15H20O2/c1-11-5-7-13(8-6-11)14-4-2-3-12(9-14)10-15(16)17/h5-8,12,14H,2-4,9-10H2,1H3,(H,16,17)/t12-,14-/m1/s1. The molecule has 92 valence electrons. The monoisotopic (exact) mass is 232 g/mol. The lowest BCUT2D eigenvalue weighted by atomic mass is 9.77. The summed E-state index contributed by atoms with van der Waals surface area (Å²) in [5, 5.41) is 8.86. The molecule has 2 rings (SSSR count). The Bertz CT molecular complexity index is 380. The Hall–Kier alpha value is -1.31. The van der Waals surface area contributed by atoms with Crippen LogP contribution in [-0.4, -0.2) is 11.1 Å². The zero-order valence-electron chi connectivity index (χ0n) is 10.4. The van der Waals surface area contributed by atoms with E-state index >= 15 is 0 Å². The number of hydrogen-bond acceptors (Lipinski definition) is 1. The number of carboxylic acid groups (broad SMARTS) is 1. The summed E-state index contributed by atoms with van der Waals surface area (Å²) in [6.07, 6.45) is 4.82. The molecule has 0 spiro atoms. The van der Waals surface area contributed by atoms with Gasteiger partial charge in [-0.05, 0) is 43.6 Å². The molecule has 1 aromatic carbocycles. The molecule has 17 heavy (non-hydrogen) atoms. The van der Waals surface area contributed by atoms with Gasteiger partial charge in [0.2, 0.25) is 0 Å². The van der Waals surface area contributed by atoms with Crippen molar-refractivity contribution in [3.8, 4) is 0 Å². The molecule has 0 aliphatic heterocycles. The van der Waals surface area contributed by atoms with E-state index in [1.807, 2.05) is 0 Å². The Morgan fingerprint density at radius 1 is 1.29 bits per heavy atom. The maximum absolute atomic E-state index is 10.8. The van der Waals surface area contributed by atoms with E-state index in [1.165, 1.54) is 17.5 Å². The molecule has 1 N–H and O–H groups in total. The third-order valence-corrected chi connectivity index (χ3v) is 3.79. The molecule has 0 bridgehead atoms. The average molecular weight is 232 g/mol. The second-order valence-electron chi connectivity index (χ2n) is 5.24. The van der Waals surface area contributed by atoms with E-state index in [0.29, 0.717) is 18.3 Å². The summed E-state index contributed by atoms with van der Waals surface area (Å²) in [5.74, 6) is 0.279. The van der Waals surface area contributed by atoms with Gasteiger partial charge in [0.15, 0.2) is 0 Å². The Labute approximate surface area is 103 Å². The molecule has 1 aliphatic carbocycles. The summed E-state index contributed by atoms with van der Waals surface area (Å²) < 4.78 is 0. The molecule has 0 aromatic heterocycles. The highest BCUT2D eigenvalue weighted by Gasteiger charge is 2.24. The molecule has 1 saturated carbocycles. The van der Waals surface area contributed by atoms with Gasteiger partial charge in [0.1, 0.15) is 0 Å². The van der Waals surface area contributed by atoms with Gasteiger partial charge in [0.05, 0.1) is 0 Å². The summed E-state index contributed by atoms with van der Waals surface area (Å²) in [6, 6.07) is 8.69. The molecule has 2 heteroatoms. The van der Waals surface area contributed by atoms with Crippen LogP contribution in [0.2, 0.25) is 0 Å². The predicted octanol–water partition coefficient (Wildman–Crippen LogP) is 3.74. The fourth-order valence-electron chi connectivity index (χ4n) is 2.86. The van der Waals surface area contributed by atoms with Crippen molar-refractivity contribution in [3.05, 3.63) is 35.4 Å². The first-order valence-corrected chi connectivity index (χ1v) is 6.43. The number of carboxylic acids is 1. The highest BCUT2D eigenvalue weighted by Crippen LogP contribution is 2.37. The Balaban J connectivity index is 2.01. The Morgan fingerprint density at radius 2 is 2.00 bits per heavy atom. The summed E-state index contributed by atoms with van der Waals surface area (Å²) in [6.45, 7) is 2.10. The molecule has 0 heterocycles. The Kier molecular flexibility index (Phi) is 3.82. The molecule has 2 nitrogen and oxygen atoms in total. The smallest absolute Gasteiger partial charge is 0.303 e. The maximum atomic E-state index is 10.8. The first-order chi connectivity index (χ1) is 8.15. The normalized spacial score (nSPS) is 24.5. The fraction of sp³-hybridized carbons (Fsp3) is 0.533. The van der Waals surface area contributed by atoms with Gasteiger partial charge in [-0.2, -0.15) is 0 Å². The highest BCUT2D eigenvalue weighted by atomic mass is 16.4.